The number of hydrogen-bond acceptors (Lipinski definition) is 6. The van der Waals surface area contributed by atoms with E-state index >= 15 is 0 Å². The zero-order chi connectivity index (χ0) is 22.2. The molecule has 1 fully saturated rings. The number of rotatable bonds is 8. The number of carbonyl (C=O) groups is 1. The fraction of sp³-hybridized carbons (Fsp3) is 0.217. The van der Waals surface area contributed by atoms with E-state index in [1.54, 1.807) is 12.1 Å². The molecule has 1 aliphatic rings. The third-order valence-corrected chi connectivity index (χ3v) is 5.59. The zero-order valence-electron chi connectivity index (χ0n) is 17.1. The van der Waals surface area contributed by atoms with Crippen LogP contribution in [-0.4, -0.2) is 30.9 Å². The van der Waals surface area contributed by atoms with E-state index in [1.807, 2.05) is 44.2 Å². The Hall–Kier alpha value is -2.89. The normalized spacial score (nSPS) is 15.6. The quantitative estimate of drug-likeness (QED) is 0.400. The molecule has 1 saturated heterocycles. The van der Waals surface area contributed by atoms with Crippen LogP contribution in [0.25, 0.3) is 6.08 Å². The number of halogens is 1. The second kappa shape index (κ2) is 10.9. The highest BCUT2D eigenvalue weighted by atomic mass is 79.9. The third kappa shape index (κ3) is 6.06. The summed E-state index contributed by atoms with van der Waals surface area (Å²) in [6.07, 6.45) is 7.06. The second-order valence-corrected chi connectivity index (χ2v) is 8.04. The zero-order valence-corrected chi connectivity index (χ0v) is 19.5. The van der Waals surface area contributed by atoms with Crippen LogP contribution >= 0.6 is 27.7 Å². The van der Waals surface area contributed by atoms with Gasteiger partial charge in [-0.25, -0.2) is 4.99 Å². The highest BCUT2D eigenvalue weighted by Crippen LogP contribution is 2.37. The molecule has 0 radical (unpaired) electrons. The number of hydrogen-bond donors (Lipinski definition) is 1. The summed E-state index contributed by atoms with van der Waals surface area (Å²) < 4.78 is 17.4. The predicted molar refractivity (Wildman–Crippen MR) is 128 cm³/mol. The largest absolute Gasteiger partial charge is 0.494 e. The number of terminal acetylenes is 1. The summed E-state index contributed by atoms with van der Waals surface area (Å²) in [7, 11) is 0. The van der Waals surface area contributed by atoms with E-state index < -0.39 is 0 Å². The number of amidine groups is 1. The van der Waals surface area contributed by atoms with E-state index in [0.29, 0.717) is 34.8 Å². The summed E-state index contributed by atoms with van der Waals surface area (Å²) in [5.41, 5.74) is 1.50. The van der Waals surface area contributed by atoms with Gasteiger partial charge in [0.15, 0.2) is 16.7 Å². The van der Waals surface area contributed by atoms with Crippen molar-refractivity contribution >= 4 is 50.5 Å². The van der Waals surface area contributed by atoms with E-state index in [2.05, 4.69) is 32.2 Å². The number of aliphatic imine (C=N–C) groups is 1. The first-order valence-electron chi connectivity index (χ1n) is 9.59. The van der Waals surface area contributed by atoms with E-state index in [1.165, 1.54) is 11.8 Å². The summed E-state index contributed by atoms with van der Waals surface area (Å²) in [5, 5.41) is 3.30. The Balaban J connectivity index is 1.82. The molecule has 1 N–H and O–H groups in total. The van der Waals surface area contributed by atoms with Crippen LogP contribution in [0.2, 0.25) is 0 Å². The van der Waals surface area contributed by atoms with Crippen LogP contribution in [0, 0.1) is 12.3 Å². The smallest absolute Gasteiger partial charge is 0.264 e. The van der Waals surface area contributed by atoms with Crippen LogP contribution in [-0.2, 0) is 4.79 Å². The van der Waals surface area contributed by atoms with Crippen LogP contribution in [0.5, 0.6) is 17.2 Å². The van der Waals surface area contributed by atoms with Crippen molar-refractivity contribution in [2.45, 2.75) is 13.8 Å². The molecule has 6 nitrogen and oxygen atoms in total. The topological polar surface area (TPSA) is 69.2 Å². The first-order valence-corrected chi connectivity index (χ1v) is 11.2. The van der Waals surface area contributed by atoms with E-state index in [4.69, 9.17) is 20.6 Å². The standard InChI is InChI=1S/C23H21BrN2O4S/c1-4-11-30-20-14-18(24)15(12-19(20)29-6-3)13-21-22(27)26-23(31-21)25-16-7-9-17(10-8-16)28-5-2/h1,7-10,12-14H,5-6,11H2,2-3H3,(H,25,26,27)/b21-13+. The molecule has 2 aromatic carbocycles. The first-order chi connectivity index (χ1) is 15.0. The number of benzene rings is 2. The summed E-state index contributed by atoms with van der Waals surface area (Å²) in [4.78, 5) is 17.5. The third-order valence-electron chi connectivity index (χ3n) is 3.99. The highest BCUT2D eigenvalue weighted by Gasteiger charge is 2.24. The minimum atomic E-state index is -0.216. The van der Waals surface area contributed by atoms with E-state index in [9.17, 15) is 4.79 Å². The van der Waals surface area contributed by atoms with Gasteiger partial charge in [-0.15, -0.1) is 6.42 Å². The van der Waals surface area contributed by atoms with Gasteiger partial charge in [0.05, 0.1) is 23.8 Å². The van der Waals surface area contributed by atoms with Crippen molar-refractivity contribution < 1.29 is 19.0 Å². The van der Waals surface area contributed by atoms with Crippen molar-refractivity contribution in [3.63, 3.8) is 0 Å². The van der Waals surface area contributed by atoms with Crippen molar-refractivity contribution in [1.82, 2.24) is 5.32 Å². The molecule has 8 heteroatoms. The van der Waals surface area contributed by atoms with Gasteiger partial charge in [0.1, 0.15) is 12.4 Å². The van der Waals surface area contributed by atoms with Gasteiger partial charge in [0.2, 0.25) is 0 Å². The molecule has 160 valence electrons. The summed E-state index contributed by atoms with van der Waals surface area (Å²) >= 11 is 4.79. The Morgan fingerprint density at radius 1 is 1.13 bits per heavy atom. The van der Waals surface area contributed by atoms with Crippen molar-refractivity contribution in [1.29, 1.82) is 0 Å². The van der Waals surface area contributed by atoms with Crippen molar-refractivity contribution in [2.75, 3.05) is 19.8 Å². The monoisotopic (exact) mass is 500 g/mol. The number of thioether (sulfide) groups is 1. The summed E-state index contributed by atoms with van der Waals surface area (Å²) in [6, 6.07) is 11.0. The Bertz CT molecular complexity index is 1060. The minimum Gasteiger partial charge on any atom is -0.494 e. The molecule has 3 rings (SSSR count). The Morgan fingerprint density at radius 2 is 1.84 bits per heavy atom. The molecule has 1 heterocycles. The molecular weight excluding hydrogens is 480 g/mol. The molecule has 0 aromatic heterocycles. The van der Waals surface area contributed by atoms with E-state index in [-0.39, 0.29) is 12.5 Å². The average Bonchev–Trinajstić information content (AvgIpc) is 3.09. The number of ether oxygens (including phenoxy) is 3. The lowest BCUT2D eigenvalue weighted by atomic mass is 10.2. The lowest BCUT2D eigenvalue weighted by Crippen LogP contribution is -2.19. The van der Waals surface area contributed by atoms with Crippen LogP contribution < -0.4 is 19.5 Å². The average molecular weight is 501 g/mol. The maximum atomic E-state index is 12.5. The maximum absolute atomic E-state index is 12.5. The van der Waals surface area contributed by atoms with Crippen LogP contribution in [0.15, 0.2) is 50.8 Å². The molecule has 0 aliphatic carbocycles. The predicted octanol–water partition coefficient (Wildman–Crippen LogP) is 5.15. The van der Waals surface area contributed by atoms with Gasteiger partial charge in [-0.3, -0.25) is 4.79 Å². The molecule has 0 unspecified atom stereocenters. The fourth-order valence-electron chi connectivity index (χ4n) is 2.68. The lowest BCUT2D eigenvalue weighted by Gasteiger charge is -2.12. The minimum absolute atomic E-state index is 0.135. The fourth-order valence-corrected chi connectivity index (χ4v) is 3.95. The Kier molecular flexibility index (Phi) is 8.04. The number of nitrogens with one attached hydrogen (secondary N) is 1. The molecule has 2 aromatic rings. The van der Waals surface area contributed by atoms with Crippen molar-refractivity contribution in [2.24, 2.45) is 4.99 Å². The van der Waals surface area contributed by atoms with Gasteiger partial charge in [0, 0.05) is 4.47 Å². The Labute approximate surface area is 194 Å². The SMILES string of the molecule is C#CCOc1cc(Br)c(/C=C2/SC(=Nc3ccc(OCC)cc3)NC2=O)cc1OCC. The molecule has 31 heavy (non-hydrogen) atoms. The van der Waals surface area contributed by atoms with Crippen LogP contribution in [0.1, 0.15) is 19.4 Å². The van der Waals surface area contributed by atoms with Gasteiger partial charge in [-0.2, -0.15) is 0 Å². The molecule has 1 aliphatic heterocycles. The molecule has 0 atom stereocenters. The number of nitrogens with zero attached hydrogens (tertiary/aromatic N) is 1. The van der Waals surface area contributed by atoms with Crippen molar-refractivity contribution in [3.05, 3.63) is 51.3 Å². The molecule has 0 saturated carbocycles. The van der Waals surface area contributed by atoms with Crippen LogP contribution in [0.4, 0.5) is 5.69 Å². The second-order valence-electron chi connectivity index (χ2n) is 6.15. The molecule has 0 spiro atoms. The lowest BCUT2D eigenvalue weighted by molar-refractivity contribution is -0.115. The van der Waals surface area contributed by atoms with Gasteiger partial charge in [0.25, 0.3) is 5.91 Å². The number of amides is 1. The molecule has 1 amide bonds. The molecular formula is C23H21BrN2O4S. The van der Waals surface area contributed by atoms with Gasteiger partial charge in [-0.05, 0) is 73.6 Å². The summed E-state index contributed by atoms with van der Waals surface area (Å²) in [5.74, 6) is 4.09. The van der Waals surface area contributed by atoms with Gasteiger partial charge < -0.3 is 19.5 Å². The van der Waals surface area contributed by atoms with E-state index in [0.717, 1.165) is 21.5 Å². The van der Waals surface area contributed by atoms with Gasteiger partial charge in [-0.1, -0.05) is 21.9 Å². The van der Waals surface area contributed by atoms with Gasteiger partial charge >= 0.3 is 0 Å². The Morgan fingerprint density at radius 3 is 2.52 bits per heavy atom. The number of carbonyl (C=O) groups excluding carboxylic acids is 1. The highest BCUT2D eigenvalue weighted by molar-refractivity contribution is 9.10. The maximum Gasteiger partial charge on any atom is 0.264 e. The summed E-state index contributed by atoms with van der Waals surface area (Å²) in [6.45, 7) is 5.02. The van der Waals surface area contributed by atoms with Crippen molar-refractivity contribution in [3.8, 4) is 29.6 Å². The molecule has 0 bridgehead atoms. The first kappa shape index (κ1) is 22.8. The van der Waals surface area contributed by atoms with Crippen LogP contribution in [0.3, 0.4) is 0 Å².